The maximum atomic E-state index is 14.1. The van der Waals surface area contributed by atoms with Gasteiger partial charge in [0.15, 0.2) is 5.11 Å². The molecule has 0 aliphatic heterocycles. The second-order valence-corrected chi connectivity index (χ2v) is 7.58. The number of rotatable bonds is 5. The van der Waals surface area contributed by atoms with Crippen molar-refractivity contribution in [3.8, 4) is 5.75 Å². The summed E-state index contributed by atoms with van der Waals surface area (Å²) >= 11 is 17.6. The fourth-order valence-corrected chi connectivity index (χ4v) is 3.52. The number of thiocarbonyl (C=S) groups is 1. The molecule has 0 bridgehead atoms. The summed E-state index contributed by atoms with van der Waals surface area (Å²) in [5.74, 6) is 0.238. The van der Waals surface area contributed by atoms with Crippen molar-refractivity contribution in [1.82, 2.24) is 9.78 Å². The fourth-order valence-electron chi connectivity index (χ4n) is 2.91. The molecule has 0 radical (unpaired) electrons. The van der Waals surface area contributed by atoms with E-state index in [-0.39, 0.29) is 12.4 Å². The molecular formula is C20H19Cl2FN4OS. The van der Waals surface area contributed by atoms with Crippen LogP contribution in [-0.2, 0) is 6.54 Å². The number of hydrogen-bond acceptors (Lipinski definition) is 3. The fraction of sp³-hybridized carbons (Fsp3) is 0.200. The number of benzene rings is 2. The van der Waals surface area contributed by atoms with Crippen LogP contribution in [0.3, 0.4) is 0 Å². The number of ether oxygens (including phenoxy) is 1. The quantitative estimate of drug-likeness (QED) is 0.478. The summed E-state index contributed by atoms with van der Waals surface area (Å²) in [5, 5.41) is 12.0. The van der Waals surface area contributed by atoms with Gasteiger partial charge >= 0.3 is 0 Å². The Kier molecular flexibility index (Phi) is 6.62. The third kappa shape index (κ3) is 4.80. The van der Waals surface area contributed by atoms with E-state index in [0.717, 1.165) is 17.1 Å². The van der Waals surface area contributed by atoms with Crippen molar-refractivity contribution in [2.24, 2.45) is 0 Å². The zero-order chi connectivity index (χ0) is 21.1. The average molecular weight is 453 g/mol. The van der Waals surface area contributed by atoms with Crippen molar-refractivity contribution in [1.29, 1.82) is 0 Å². The number of halogens is 3. The van der Waals surface area contributed by atoms with Crippen LogP contribution in [0.4, 0.5) is 15.8 Å². The molecule has 0 spiro atoms. The van der Waals surface area contributed by atoms with Gasteiger partial charge in [0.1, 0.15) is 11.6 Å². The molecule has 5 nitrogen and oxygen atoms in total. The van der Waals surface area contributed by atoms with Crippen LogP contribution in [0.15, 0.2) is 36.4 Å². The second-order valence-electron chi connectivity index (χ2n) is 6.33. The van der Waals surface area contributed by atoms with Crippen LogP contribution in [0.2, 0.25) is 10.0 Å². The van der Waals surface area contributed by atoms with E-state index in [9.17, 15) is 4.39 Å². The highest BCUT2D eigenvalue weighted by Gasteiger charge is 2.16. The van der Waals surface area contributed by atoms with Crippen molar-refractivity contribution in [2.75, 3.05) is 17.7 Å². The van der Waals surface area contributed by atoms with E-state index in [4.69, 9.17) is 40.2 Å². The largest absolute Gasteiger partial charge is 0.495 e. The summed E-state index contributed by atoms with van der Waals surface area (Å²) in [5.41, 5.74) is 3.27. The number of methoxy groups -OCH3 is 1. The first-order valence-electron chi connectivity index (χ1n) is 8.68. The van der Waals surface area contributed by atoms with E-state index < -0.39 is 0 Å². The van der Waals surface area contributed by atoms with Gasteiger partial charge in [0, 0.05) is 15.6 Å². The van der Waals surface area contributed by atoms with Crippen LogP contribution in [0.25, 0.3) is 0 Å². The summed E-state index contributed by atoms with van der Waals surface area (Å²) in [7, 11) is 1.57. The molecule has 2 aromatic carbocycles. The van der Waals surface area contributed by atoms with Gasteiger partial charge < -0.3 is 15.4 Å². The maximum Gasteiger partial charge on any atom is 0.175 e. The topological polar surface area (TPSA) is 51.1 Å². The predicted octanol–water partition coefficient (Wildman–Crippen LogP) is 5.81. The van der Waals surface area contributed by atoms with Crippen molar-refractivity contribution in [3.05, 3.63) is 69.2 Å². The Morgan fingerprint density at radius 3 is 2.66 bits per heavy atom. The smallest absolute Gasteiger partial charge is 0.175 e. The zero-order valence-electron chi connectivity index (χ0n) is 16.0. The average Bonchev–Trinajstić information content (AvgIpc) is 2.92. The van der Waals surface area contributed by atoms with E-state index in [1.165, 1.54) is 6.07 Å². The molecule has 3 rings (SSSR count). The lowest BCUT2D eigenvalue weighted by Crippen LogP contribution is -2.20. The normalized spacial score (nSPS) is 10.7. The van der Waals surface area contributed by atoms with E-state index in [1.54, 1.807) is 42.1 Å². The second kappa shape index (κ2) is 8.98. The van der Waals surface area contributed by atoms with E-state index in [1.807, 2.05) is 13.8 Å². The first-order chi connectivity index (χ1) is 13.8. The molecule has 0 saturated heterocycles. The molecule has 0 amide bonds. The maximum absolute atomic E-state index is 14.1. The molecule has 152 valence electrons. The molecule has 0 fully saturated rings. The van der Waals surface area contributed by atoms with Crippen LogP contribution >= 0.6 is 35.4 Å². The SMILES string of the molecule is COc1ccc(Cl)cc1NC(=S)Nc1c(C)nn(Cc2c(F)cccc2Cl)c1C. The molecule has 1 heterocycles. The molecule has 0 aliphatic rings. The molecular weight excluding hydrogens is 434 g/mol. The standard InChI is InChI=1S/C20H19Cl2FN4OS/c1-11-19(25-20(29)24-17-9-13(21)7-8-18(17)28-3)12(2)27(26-11)10-14-15(22)5-4-6-16(14)23/h4-9H,10H2,1-3H3,(H2,24,25,29). The minimum absolute atomic E-state index is 0.210. The van der Waals surface area contributed by atoms with E-state index >= 15 is 0 Å². The summed E-state index contributed by atoms with van der Waals surface area (Å²) in [6.07, 6.45) is 0. The van der Waals surface area contributed by atoms with Crippen molar-refractivity contribution in [3.63, 3.8) is 0 Å². The molecule has 9 heteroatoms. The number of anilines is 2. The number of nitrogens with one attached hydrogen (secondary N) is 2. The van der Waals surface area contributed by atoms with Gasteiger partial charge in [0.05, 0.1) is 36.4 Å². The van der Waals surface area contributed by atoms with Gasteiger partial charge in [0.2, 0.25) is 0 Å². The Bertz CT molecular complexity index is 1050. The van der Waals surface area contributed by atoms with Gasteiger partial charge in [-0.3, -0.25) is 4.68 Å². The molecule has 29 heavy (non-hydrogen) atoms. The van der Waals surface area contributed by atoms with Gasteiger partial charge in [-0.15, -0.1) is 0 Å². The number of nitrogens with zero attached hydrogens (tertiary/aromatic N) is 2. The van der Waals surface area contributed by atoms with Crippen molar-refractivity contribution in [2.45, 2.75) is 20.4 Å². The lowest BCUT2D eigenvalue weighted by molar-refractivity contribution is 0.417. The number of aromatic nitrogens is 2. The van der Waals surface area contributed by atoms with Crippen molar-refractivity contribution < 1.29 is 9.13 Å². The molecule has 3 aromatic rings. The summed E-state index contributed by atoms with van der Waals surface area (Å²) in [4.78, 5) is 0. The Balaban J connectivity index is 1.80. The number of hydrogen-bond donors (Lipinski definition) is 2. The monoisotopic (exact) mass is 452 g/mol. The molecule has 0 aliphatic carbocycles. The lowest BCUT2D eigenvalue weighted by Gasteiger charge is -2.14. The molecule has 2 N–H and O–H groups in total. The van der Waals surface area contributed by atoms with Gasteiger partial charge in [-0.05, 0) is 56.4 Å². The number of aryl methyl sites for hydroxylation is 1. The summed E-state index contributed by atoms with van der Waals surface area (Å²) in [6.45, 7) is 3.93. The molecule has 0 atom stereocenters. The highest BCUT2D eigenvalue weighted by atomic mass is 35.5. The van der Waals surface area contributed by atoms with Crippen LogP contribution < -0.4 is 15.4 Å². The summed E-state index contributed by atoms with van der Waals surface area (Å²) in [6, 6.07) is 9.81. The third-order valence-corrected chi connectivity index (χ3v) is 5.19. The van der Waals surface area contributed by atoms with Crippen LogP contribution in [0.1, 0.15) is 17.0 Å². The molecule has 0 unspecified atom stereocenters. The van der Waals surface area contributed by atoms with E-state index in [2.05, 4.69) is 15.7 Å². The first kappa shape index (κ1) is 21.4. The highest BCUT2D eigenvalue weighted by molar-refractivity contribution is 7.80. The Morgan fingerprint density at radius 2 is 1.97 bits per heavy atom. The van der Waals surface area contributed by atoms with Gasteiger partial charge in [0.25, 0.3) is 0 Å². The summed E-state index contributed by atoms with van der Waals surface area (Å²) < 4.78 is 21.1. The first-order valence-corrected chi connectivity index (χ1v) is 9.85. The zero-order valence-corrected chi connectivity index (χ0v) is 18.3. The Hall–Kier alpha value is -2.35. The van der Waals surface area contributed by atoms with Gasteiger partial charge in [-0.1, -0.05) is 29.3 Å². The predicted molar refractivity (Wildman–Crippen MR) is 120 cm³/mol. The minimum atomic E-state index is -0.371. The van der Waals surface area contributed by atoms with Gasteiger partial charge in [-0.25, -0.2) is 4.39 Å². The van der Waals surface area contributed by atoms with Crippen molar-refractivity contribution >= 4 is 51.9 Å². The van der Waals surface area contributed by atoms with Crippen LogP contribution in [0, 0.1) is 19.7 Å². The molecule has 1 aromatic heterocycles. The third-order valence-electron chi connectivity index (χ3n) is 4.40. The van der Waals surface area contributed by atoms with E-state index in [0.29, 0.717) is 32.2 Å². The van der Waals surface area contributed by atoms with Gasteiger partial charge in [-0.2, -0.15) is 5.10 Å². The Labute approximate surface area is 183 Å². The Morgan fingerprint density at radius 1 is 1.21 bits per heavy atom. The molecule has 0 saturated carbocycles. The highest BCUT2D eigenvalue weighted by Crippen LogP contribution is 2.29. The minimum Gasteiger partial charge on any atom is -0.495 e. The lowest BCUT2D eigenvalue weighted by atomic mass is 10.2. The van der Waals surface area contributed by atoms with Crippen LogP contribution in [-0.4, -0.2) is 22.0 Å². The van der Waals surface area contributed by atoms with Crippen LogP contribution in [0.5, 0.6) is 5.75 Å².